The molecule has 1 atom stereocenters. The average Bonchev–Trinajstić information content (AvgIpc) is 2.90. The lowest BCUT2D eigenvalue weighted by Crippen LogP contribution is -2.35. The first kappa shape index (κ1) is 17.5. The number of nitrogens with one attached hydrogen (secondary N) is 1. The van der Waals surface area contributed by atoms with E-state index in [-0.39, 0.29) is 12.4 Å². The summed E-state index contributed by atoms with van der Waals surface area (Å²) < 4.78 is 11.5. The number of para-hydroxylation sites is 1. The molecule has 0 amide bonds. The number of hydrogen-bond acceptors (Lipinski definition) is 5. The first-order chi connectivity index (χ1) is 10.9. The van der Waals surface area contributed by atoms with Crippen LogP contribution in [0.5, 0.6) is 5.75 Å². The Hall–Kier alpha value is -1.85. The second kappa shape index (κ2) is 7.62. The molecule has 1 aromatic carbocycles. The third-order valence-electron chi connectivity index (χ3n) is 3.62. The number of carbonyl (C=O) groups excluding carboxylic acids is 1. The smallest absolute Gasteiger partial charge is 0.176 e. The summed E-state index contributed by atoms with van der Waals surface area (Å²) in [4.78, 5) is 11.9. The molecule has 2 rings (SSSR count). The average molecular weight is 319 g/mol. The first-order valence-electron chi connectivity index (χ1n) is 8.03. The second-order valence-electron chi connectivity index (χ2n) is 5.97. The molecule has 2 N–H and O–H groups in total. The quantitative estimate of drug-likeness (QED) is 0.732. The summed E-state index contributed by atoms with van der Waals surface area (Å²) >= 11 is 0. The van der Waals surface area contributed by atoms with Gasteiger partial charge in [-0.05, 0) is 13.0 Å². The van der Waals surface area contributed by atoms with Crippen LogP contribution in [0.25, 0.3) is 11.0 Å². The topological polar surface area (TPSA) is 71.7 Å². The minimum absolute atomic E-state index is 0.0149. The van der Waals surface area contributed by atoms with Gasteiger partial charge < -0.3 is 19.6 Å². The van der Waals surface area contributed by atoms with E-state index < -0.39 is 6.10 Å². The molecule has 0 bridgehead atoms. The highest BCUT2D eigenvalue weighted by molar-refractivity contribution is 6.08. The molecule has 1 aromatic heterocycles. The van der Waals surface area contributed by atoms with E-state index in [0.29, 0.717) is 41.7 Å². The van der Waals surface area contributed by atoms with Crippen molar-refractivity contribution in [1.29, 1.82) is 0 Å². The van der Waals surface area contributed by atoms with Gasteiger partial charge in [0, 0.05) is 24.4 Å². The van der Waals surface area contributed by atoms with Crippen LogP contribution in [0.4, 0.5) is 0 Å². The van der Waals surface area contributed by atoms with Crippen molar-refractivity contribution in [2.45, 2.75) is 46.3 Å². The Morgan fingerprint density at radius 3 is 2.74 bits per heavy atom. The number of hydrogen-bond donors (Lipinski definition) is 2. The minimum atomic E-state index is -0.611. The zero-order valence-electron chi connectivity index (χ0n) is 14.2. The lowest BCUT2D eigenvalue weighted by atomic mass is 10.1. The van der Waals surface area contributed by atoms with Crippen molar-refractivity contribution in [2.75, 3.05) is 13.2 Å². The van der Waals surface area contributed by atoms with Gasteiger partial charge >= 0.3 is 0 Å². The van der Waals surface area contributed by atoms with Crippen molar-refractivity contribution in [3.63, 3.8) is 0 Å². The van der Waals surface area contributed by atoms with Crippen molar-refractivity contribution >= 4 is 16.8 Å². The third kappa shape index (κ3) is 4.12. The summed E-state index contributed by atoms with van der Waals surface area (Å²) in [5.74, 6) is 1.21. The molecule has 0 spiro atoms. The van der Waals surface area contributed by atoms with Gasteiger partial charge in [-0.15, -0.1) is 0 Å². The van der Waals surface area contributed by atoms with E-state index >= 15 is 0 Å². The molecule has 1 heterocycles. The summed E-state index contributed by atoms with van der Waals surface area (Å²) in [6.07, 6.45) is 0.0322. The lowest BCUT2D eigenvalue weighted by molar-refractivity contribution is 0.101. The zero-order chi connectivity index (χ0) is 17.0. The summed E-state index contributed by atoms with van der Waals surface area (Å²) in [6, 6.07) is 5.79. The van der Waals surface area contributed by atoms with Gasteiger partial charge in [0.25, 0.3) is 0 Å². The Labute approximate surface area is 136 Å². The normalized spacial score (nSPS) is 12.8. The fourth-order valence-electron chi connectivity index (χ4n) is 2.51. The van der Waals surface area contributed by atoms with Crippen LogP contribution in [-0.2, 0) is 6.42 Å². The molecule has 126 valence electrons. The number of aryl methyl sites for hydroxylation is 1. The van der Waals surface area contributed by atoms with Crippen molar-refractivity contribution in [2.24, 2.45) is 0 Å². The Morgan fingerprint density at radius 1 is 1.39 bits per heavy atom. The Bertz CT molecular complexity index is 675. The van der Waals surface area contributed by atoms with Gasteiger partial charge in [0.1, 0.15) is 18.5 Å². The number of aliphatic hydroxyl groups excluding tert-OH is 1. The van der Waals surface area contributed by atoms with Crippen molar-refractivity contribution in [3.8, 4) is 5.75 Å². The third-order valence-corrected chi connectivity index (χ3v) is 3.62. The summed E-state index contributed by atoms with van der Waals surface area (Å²) in [5.41, 5.74) is 1.19. The van der Waals surface area contributed by atoms with E-state index in [1.165, 1.54) is 0 Å². The molecule has 0 fully saturated rings. The van der Waals surface area contributed by atoms with Crippen molar-refractivity contribution in [3.05, 3.63) is 29.5 Å². The maximum absolute atomic E-state index is 11.9. The Balaban J connectivity index is 2.20. The molecule has 23 heavy (non-hydrogen) atoms. The van der Waals surface area contributed by atoms with Gasteiger partial charge in [-0.1, -0.05) is 32.9 Å². The number of rotatable bonds is 8. The standard InChI is InChI=1S/C18H25NO4/c1-5-15-17(12(4)20)14-7-6-8-16(18(14)23-15)22-10-13(21)9-19-11(2)3/h6-8,11,13,19,21H,5,9-10H2,1-4H3. The van der Waals surface area contributed by atoms with Gasteiger partial charge in [0.15, 0.2) is 17.1 Å². The van der Waals surface area contributed by atoms with Crippen LogP contribution in [0.1, 0.15) is 43.8 Å². The molecular weight excluding hydrogens is 294 g/mol. The maximum atomic E-state index is 11.9. The monoisotopic (exact) mass is 319 g/mol. The van der Waals surface area contributed by atoms with Crippen LogP contribution in [0, 0.1) is 0 Å². The fourth-order valence-corrected chi connectivity index (χ4v) is 2.51. The van der Waals surface area contributed by atoms with Gasteiger partial charge in [0.2, 0.25) is 0 Å². The molecule has 0 saturated carbocycles. The van der Waals surface area contributed by atoms with E-state index in [2.05, 4.69) is 5.32 Å². The van der Waals surface area contributed by atoms with Gasteiger partial charge in [-0.25, -0.2) is 0 Å². The SMILES string of the molecule is CCc1oc2c(OCC(O)CNC(C)C)cccc2c1C(C)=O. The van der Waals surface area contributed by atoms with Gasteiger partial charge in [0.05, 0.1) is 5.56 Å². The van der Waals surface area contributed by atoms with E-state index in [0.717, 1.165) is 5.39 Å². The minimum Gasteiger partial charge on any atom is -0.487 e. The van der Waals surface area contributed by atoms with E-state index in [1.54, 1.807) is 13.0 Å². The highest BCUT2D eigenvalue weighted by Gasteiger charge is 2.19. The molecule has 0 saturated heterocycles. The van der Waals surface area contributed by atoms with Crippen molar-refractivity contribution < 1.29 is 19.1 Å². The molecule has 2 aromatic rings. The summed E-state index contributed by atoms with van der Waals surface area (Å²) in [6.45, 7) is 8.16. The van der Waals surface area contributed by atoms with E-state index in [1.807, 2.05) is 32.9 Å². The van der Waals surface area contributed by atoms with Gasteiger partial charge in [-0.3, -0.25) is 4.79 Å². The molecular formula is C18H25NO4. The van der Waals surface area contributed by atoms with Crippen LogP contribution in [0.3, 0.4) is 0 Å². The number of aliphatic hydroxyl groups is 1. The van der Waals surface area contributed by atoms with E-state index in [9.17, 15) is 9.90 Å². The highest BCUT2D eigenvalue weighted by Crippen LogP contribution is 2.33. The Morgan fingerprint density at radius 2 is 2.13 bits per heavy atom. The fraction of sp³-hybridized carbons (Fsp3) is 0.500. The molecule has 5 heteroatoms. The number of fused-ring (bicyclic) bond motifs is 1. The summed E-state index contributed by atoms with van der Waals surface area (Å²) in [5, 5.41) is 13.9. The van der Waals surface area contributed by atoms with Crippen LogP contribution in [-0.4, -0.2) is 36.2 Å². The van der Waals surface area contributed by atoms with Crippen molar-refractivity contribution in [1.82, 2.24) is 5.32 Å². The number of ether oxygens (including phenoxy) is 1. The predicted octanol–water partition coefficient (Wildman–Crippen LogP) is 2.94. The van der Waals surface area contributed by atoms with Crippen LogP contribution >= 0.6 is 0 Å². The van der Waals surface area contributed by atoms with Crippen LogP contribution < -0.4 is 10.1 Å². The van der Waals surface area contributed by atoms with E-state index in [4.69, 9.17) is 9.15 Å². The number of benzene rings is 1. The largest absolute Gasteiger partial charge is 0.487 e. The van der Waals surface area contributed by atoms with Gasteiger partial charge in [-0.2, -0.15) is 0 Å². The molecule has 1 unspecified atom stereocenters. The predicted molar refractivity (Wildman–Crippen MR) is 90.2 cm³/mol. The number of carbonyl (C=O) groups is 1. The molecule has 0 aliphatic rings. The Kier molecular flexibility index (Phi) is 5.80. The van der Waals surface area contributed by atoms with Crippen LogP contribution in [0.15, 0.2) is 22.6 Å². The zero-order valence-corrected chi connectivity index (χ0v) is 14.2. The number of Topliss-reactive ketones (excluding diaryl/α,β-unsaturated/α-hetero) is 1. The first-order valence-corrected chi connectivity index (χ1v) is 8.03. The van der Waals surface area contributed by atoms with Crippen LogP contribution in [0.2, 0.25) is 0 Å². The lowest BCUT2D eigenvalue weighted by Gasteiger charge is -2.15. The second-order valence-corrected chi connectivity index (χ2v) is 5.97. The highest BCUT2D eigenvalue weighted by atomic mass is 16.5. The maximum Gasteiger partial charge on any atom is 0.176 e. The summed E-state index contributed by atoms with van der Waals surface area (Å²) in [7, 11) is 0. The molecule has 5 nitrogen and oxygen atoms in total. The molecule has 0 aliphatic carbocycles. The molecule has 0 radical (unpaired) electrons. The molecule has 0 aliphatic heterocycles. The number of ketones is 1. The number of furan rings is 1.